The molecule has 0 saturated carbocycles. The van der Waals surface area contributed by atoms with Crippen LogP contribution in [0.4, 0.5) is 0 Å². The molecule has 5 rings (SSSR count). The molecule has 3 heteroatoms. The van der Waals surface area contributed by atoms with E-state index in [1.807, 2.05) is 36.4 Å². The second-order valence-electron chi connectivity index (χ2n) is 8.09. The van der Waals surface area contributed by atoms with Crippen molar-refractivity contribution in [2.45, 2.75) is 18.8 Å². The van der Waals surface area contributed by atoms with Crippen LogP contribution in [-0.4, -0.2) is 5.78 Å². The fourth-order valence-electron chi connectivity index (χ4n) is 5.04. The monoisotopic (exact) mass is 518 g/mol. The highest BCUT2D eigenvalue weighted by molar-refractivity contribution is 9.11. The first kappa shape index (κ1) is 19.7. The molecule has 2 aliphatic rings. The van der Waals surface area contributed by atoms with Gasteiger partial charge in [-0.05, 0) is 47.2 Å². The highest BCUT2D eigenvalue weighted by atomic mass is 79.9. The van der Waals surface area contributed by atoms with Crippen LogP contribution in [-0.2, 0) is 5.41 Å². The minimum Gasteiger partial charge on any atom is -0.289 e. The number of carbonyl (C=O) groups excluding carboxylic acids is 1. The zero-order valence-electron chi connectivity index (χ0n) is 16.5. The summed E-state index contributed by atoms with van der Waals surface area (Å²) in [6, 6.07) is 22.7. The third-order valence-electron chi connectivity index (χ3n) is 6.21. The summed E-state index contributed by atoms with van der Waals surface area (Å²) in [7, 11) is 0. The van der Waals surface area contributed by atoms with Crippen LogP contribution in [0, 0.1) is 5.92 Å². The lowest BCUT2D eigenvalue weighted by Crippen LogP contribution is -2.39. The predicted molar refractivity (Wildman–Crippen MR) is 129 cm³/mol. The number of allylic oxidation sites excluding steroid dienone is 4. The molecule has 3 aromatic carbocycles. The van der Waals surface area contributed by atoms with E-state index in [0.29, 0.717) is 5.92 Å². The van der Waals surface area contributed by atoms with E-state index in [2.05, 4.69) is 87.3 Å². The smallest absolute Gasteiger partial charge is 0.193 e. The molecule has 0 saturated heterocycles. The summed E-state index contributed by atoms with van der Waals surface area (Å²) < 4.78 is 2.02. The van der Waals surface area contributed by atoms with Gasteiger partial charge in [-0.15, -0.1) is 0 Å². The number of fused-ring (bicyclic) bond motifs is 2. The lowest BCUT2D eigenvalue weighted by atomic mass is 9.57. The third-order valence-corrected chi connectivity index (χ3v) is 7.12. The summed E-state index contributed by atoms with van der Waals surface area (Å²) in [5.74, 6) is 0.542. The quantitative estimate of drug-likeness (QED) is 0.340. The molecule has 30 heavy (non-hydrogen) atoms. The van der Waals surface area contributed by atoms with Crippen molar-refractivity contribution in [1.82, 2.24) is 0 Å². The maximum atomic E-state index is 13.5. The molecule has 1 unspecified atom stereocenters. The highest BCUT2D eigenvalue weighted by Crippen LogP contribution is 2.53. The second-order valence-corrected chi connectivity index (χ2v) is 9.92. The van der Waals surface area contributed by atoms with E-state index < -0.39 is 5.41 Å². The lowest BCUT2D eigenvalue weighted by Gasteiger charge is -2.44. The van der Waals surface area contributed by atoms with E-state index >= 15 is 0 Å². The number of carbonyl (C=O) groups is 1. The molecule has 0 aliphatic heterocycles. The van der Waals surface area contributed by atoms with Crippen LogP contribution in [0.1, 0.15) is 46.0 Å². The molecule has 0 fully saturated rings. The fraction of sp³-hybridized carbons (Fsp3) is 0.148. The highest BCUT2D eigenvalue weighted by Gasteiger charge is 2.47. The first-order valence-electron chi connectivity index (χ1n) is 10.1. The molecule has 148 valence electrons. The topological polar surface area (TPSA) is 17.1 Å². The number of rotatable bonds is 2. The van der Waals surface area contributed by atoms with Gasteiger partial charge in [-0.25, -0.2) is 0 Å². The van der Waals surface area contributed by atoms with E-state index in [1.54, 1.807) is 0 Å². The molecule has 0 bridgehead atoms. The average Bonchev–Trinajstić information content (AvgIpc) is 2.74. The molecule has 1 nitrogen and oxygen atoms in total. The summed E-state index contributed by atoms with van der Waals surface area (Å²) in [5.41, 5.74) is 5.65. The van der Waals surface area contributed by atoms with Crippen molar-refractivity contribution in [3.8, 4) is 0 Å². The van der Waals surface area contributed by atoms with Gasteiger partial charge in [0.1, 0.15) is 0 Å². The third kappa shape index (κ3) is 2.91. The van der Waals surface area contributed by atoms with Crippen molar-refractivity contribution in [2.24, 2.45) is 5.92 Å². The Labute approximate surface area is 193 Å². The van der Waals surface area contributed by atoms with Crippen LogP contribution in [0.2, 0.25) is 0 Å². The van der Waals surface area contributed by atoms with E-state index in [4.69, 9.17) is 0 Å². The van der Waals surface area contributed by atoms with E-state index in [0.717, 1.165) is 43.2 Å². The van der Waals surface area contributed by atoms with Gasteiger partial charge >= 0.3 is 0 Å². The van der Waals surface area contributed by atoms with Crippen LogP contribution in [0.5, 0.6) is 0 Å². The normalized spacial score (nSPS) is 19.1. The first-order valence-corrected chi connectivity index (χ1v) is 11.7. The number of benzene rings is 3. The fourth-order valence-corrected chi connectivity index (χ4v) is 6.34. The molecule has 0 N–H and O–H groups in total. The maximum absolute atomic E-state index is 13.5. The van der Waals surface area contributed by atoms with Crippen LogP contribution in [0.25, 0.3) is 0 Å². The Balaban J connectivity index is 1.97. The minimum absolute atomic E-state index is 0.103. The Morgan fingerprint density at radius 3 is 2.00 bits per heavy atom. The zero-order chi connectivity index (χ0) is 20.9. The standard InChI is InChI=1S/C27H20Br2O/c1-17-7-6-8-18(13-17)27(19-14-20(28)16-21(29)15-19)24-11-4-2-9-22(24)26(30)23-10-3-5-12-25(23)27/h2-12,14-17H,13H2,1H3. The zero-order valence-corrected chi connectivity index (χ0v) is 19.7. The van der Waals surface area contributed by atoms with Gasteiger partial charge in [0.2, 0.25) is 0 Å². The van der Waals surface area contributed by atoms with Crippen LogP contribution in [0.3, 0.4) is 0 Å². The summed E-state index contributed by atoms with van der Waals surface area (Å²) in [6.45, 7) is 2.25. The second kappa shape index (κ2) is 7.47. The summed E-state index contributed by atoms with van der Waals surface area (Å²) in [5, 5.41) is 0. The molecule has 0 radical (unpaired) electrons. The van der Waals surface area contributed by atoms with Crippen molar-refractivity contribution in [2.75, 3.05) is 0 Å². The molecule has 0 amide bonds. The average molecular weight is 520 g/mol. The van der Waals surface area contributed by atoms with Gasteiger partial charge in [0.15, 0.2) is 5.78 Å². The Bertz CT molecular complexity index is 1170. The molecule has 2 aliphatic carbocycles. The number of halogens is 2. The Morgan fingerprint density at radius 2 is 1.43 bits per heavy atom. The van der Waals surface area contributed by atoms with Crippen molar-refractivity contribution in [1.29, 1.82) is 0 Å². The van der Waals surface area contributed by atoms with Gasteiger partial charge in [0.05, 0.1) is 5.41 Å². The maximum Gasteiger partial charge on any atom is 0.193 e. The van der Waals surface area contributed by atoms with Gasteiger partial charge in [-0.2, -0.15) is 0 Å². The largest absolute Gasteiger partial charge is 0.289 e. The van der Waals surface area contributed by atoms with Gasteiger partial charge in [-0.3, -0.25) is 4.79 Å². The Kier molecular flexibility index (Phi) is 4.91. The Hall–Kier alpha value is -2.23. The Morgan fingerprint density at radius 1 is 0.867 bits per heavy atom. The van der Waals surface area contributed by atoms with Crippen molar-refractivity contribution >= 4 is 37.6 Å². The summed E-state index contributed by atoms with van der Waals surface area (Å²) in [4.78, 5) is 13.5. The van der Waals surface area contributed by atoms with Crippen LogP contribution >= 0.6 is 31.9 Å². The lowest BCUT2D eigenvalue weighted by molar-refractivity contribution is 0.103. The van der Waals surface area contributed by atoms with Crippen molar-refractivity contribution in [3.05, 3.63) is 127 Å². The number of hydrogen-bond donors (Lipinski definition) is 0. The first-order chi connectivity index (χ1) is 14.5. The van der Waals surface area contributed by atoms with E-state index in [1.165, 1.54) is 5.57 Å². The molecular weight excluding hydrogens is 500 g/mol. The predicted octanol–water partition coefficient (Wildman–Crippen LogP) is 7.61. The van der Waals surface area contributed by atoms with Crippen LogP contribution < -0.4 is 0 Å². The van der Waals surface area contributed by atoms with Crippen LogP contribution in [0.15, 0.2) is 99.5 Å². The van der Waals surface area contributed by atoms with Gasteiger partial charge < -0.3 is 0 Å². The van der Waals surface area contributed by atoms with Crippen molar-refractivity contribution in [3.63, 3.8) is 0 Å². The molecule has 0 aromatic heterocycles. The molecule has 0 spiro atoms. The van der Waals surface area contributed by atoms with Gasteiger partial charge in [-0.1, -0.05) is 111 Å². The van der Waals surface area contributed by atoms with Crippen molar-refractivity contribution < 1.29 is 4.79 Å². The molecule has 1 atom stereocenters. The summed E-state index contributed by atoms with van der Waals surface area (Å²) >= 11 is 7.40. The van der Waals surface area contributed by atoms with Gasteiger partial charge in [0.25, 0.3) is 0 Å². The van der Waals surface area contributed by atoms with E-state index in [9.17, 15) is 4.79 Å². The number of hydrogen-bond acceptors (Lipinski definition) is 1. The number of ketones is 1. The molecule has 3 aromatic rings. The minimum atomic E-state index is -0.521. The molecule has 0 heterocycles. The molecular formula is C27H20Br2O. The summed E-state index contributed by atoms with van der Waals surface area (Å²) in [6.07, 6.45) is 7.61. The van der Waals surface area contributed by atoms with E-state index in [-0.39, 0.29) is 5.78 Å². The van der Waals surface area contributed by atoms with Gasteiger partial charge in [0, 0.05) is 20.1 Å². The SMILES string of the molecule is CC1C=CC=C(C2(c3cc(Br)cc(Br)c3)c3ccccc3C(=O)c3ccccc32)C1.